The molecule has 1 fully saturated rings. The first-order valence-corrected chi connectivity index (χ1v) is 6.04. The first-order valence-electron chi connectivity index (χ1n) is 5.05. The van der Waals surface area contributed by atoms with E-state index in [1.54, 1.807) is 24.2 Å². The van der Waals surface area contributed by atoms with Gasteiger partial charge in [-0.3, -0.25) is 0 Å². The van der Waals surface area contributed by atoms with E-state index in [2.05, 4.69) is 15.3 Å². The van der Waals surface area contributed by atoms with E-state index < -0.39 is 0 Å². The highest BCUT2D eigenvalue weighted by atomic mass is 32.2. The number of nitrogens with zero attached hydrogens (tertiary/aromatic N) is 2. The van der Waals surface area contributed by atoms with Crippen molar-refractivity contribution in [2.24, 2.45) is 5.92 Å². The van der Waals surface area contributed by atoms with Crippen LogP contribution in [0.5, 0.6) is 0 Å². The van der Waals surface area contributed by atoms with Crippen LogP contribution in [0.1, 0.15) is 12.8 Å². The van der Waals surface area contributed by atoms with E-state index in [9.17, 15) is 0 Å². The predicted molar refractivity (Wildman–Crippen MR) is 58.3 cm³/mol. The standard InChI is InChI=1S/C10H15N3S/c1-3-9(7-11-4-1)8-14-10-12-5-2-6-13-10/h2,5-6,9,11H,1,3-4,7-8H2/t9-/m1/s1. The molecule has 2 rings (SSSR count). The average molecular weight is 209 g/mol. The number of hydrogen-bond acceptors (Lipinski definition) is 4. The maximum absolute atomic E-state index is 4.19. The monoisotopic (exact) mass is 209 g/mol. The van der Waals surface area contributed by atoms with E-state index in [1.165, 1.54) is 19.4 Å². The fourth-order valence-corrected chi connectivity index (χ4v) is 2.56. The lowest BCUT2D eigenvalue weighted by atomic mass is 10.0. The second kappa shape index (κ2) is 5.32. The van der Waals surface area contributed by atoms with Gasteiger partial charge in [0.2, 0.25) is 0 Å². The normalized spacial score (nSPS) is 22.1. The van der Waals surface area contributed by atoms with Crippen molar-refractivity contribution in [1.29, 1.82) is 0 Å². The Kier molecular flexibility index (Phi) is 3.77. The van der Waals surface area contributed by atoms with E-state index in [-0.39, 0.29) is 0 Å². The molecule has 2 heterocycles. The number of hydrogen-bond donors (Lipinski definition) is 1. The zero-order chi connectivity index (χ0) is 9.64. The van der Waals surface area contributed by atoms with Crippen molar-refractivity contribution in [1.82, 2.24) is 15.3 Å². The van der Waals surface area contributed by atoms with Crippen LogP contribution in [0, 0.1) is 5.92 Å². The lowest BCUT2D eigenvalue weighted by Gasteiger charge is -2.21. The summed E-state index contributed by atoms with van der Waals surface area (Å²) in [7, 11) is 0. The minimum atomic E-state index is 0.789. The Hall–Kier alpha value is -0.610. The zero-order valence-electron chi connectivity index (χ0n) is 8.15. The molecular formula is C10H15N3S. The van der Waals surface area contributed by atoms with Crippen molar-refractivity contribution >= 4 is 11.8 Å². The van der Waals surface area contributed by atoms with Crippen molar-refractivity contribution in [3.8, 4) is 0 Å². The van der Waals surface area contributed by atoms with Crippen molar-refractivity contribution < 1.29 is 0 Å². The Morgan fingerprint density at radius 2 is 2.29 bits per heavy atom. The van der Waals surface area contributed by atoms with Gasteiger partial charge in [0, 0.05) is 18.1 Å². The molecular weight excluding hydrogens is 194 g/mol. The molecule has 1 atom stereocenters. The van der Waals surface area contributed by atoms with Gasteiger partial charge in [0.25, 0.3) is 0 Å². The quantitative estimate of drug-likeness (QED) is 0.605. The average Bonchev–Trinajstić information content (AvgIpc) is 2.29. The molecule has 14 heavy (non-hydrogen) atoms. The molecule has 0 saturated carbocycles. The molecule has 1 aromatic rings. The van der Waals surface area contributed by atoms with Gasteiger partial charge in [0.15, 0.2) is 5.16 Å². The number of rotatable bonds is 3. The van der Waals surface area contributed by atoms with Crippen LogP contribution in [0.4, 0.5) is 0 Å². The summed E-state index contributed by atoms with van der Waals surface area (Å²) in [4.78, 5) is 8.39. The van der Waals surface area contributed by atoms with Gasteiger partial charge < -0.3 is 5.32 Å². The second-order valence-electron chi connectivity index (χ2n) is 3.55. The summed E-state index contributed by atoms with van der Waals surface area (Å²) in [6, 6.07) is 1.85. The molecule has 0 amide bonds. The third-order valence-electron chi connectivity index (χ3n) is 2.39. The van der Waals surface area contributed by atoms with E-state index in [4.69, 9.17) is 0 Å². The SMILES string of the molecule is c1cnc(SC[C@@H]2CCCNC2)nc1. The number of thioether (sulfide) groups is 1. The van der Waals surface area contributed by atoms with E-state index in [0.29, 0.717) is 0 Å². The van der Waals surface area contributed by atoms with E-state index in [0.717, 1.165) is 23.4 Å². The fraction of sp³-hybridized carbons (Fsp3) is 0.600. The smallest absolute Gasteiger partial charge is 0.187 e. The number of nitrogens with one attached hydrogen (secondary N) is 1. The Balaban J connectivity index is 1.76. The molecule has 0 bridgehead atoms. The molecule has 76 valence electrons. The van der Waals surface area contributed by atoms with Gasteiger partial charge in [-0.2, -0.15) is 0 Å². The van der Waals surface area contributed by atoms with Crippen molar-refractivity contribution in [2.75, 3.05) is 18.8 Å². The molecule has 0 aliphatic carbocycles. The summed E-state index contributed by atoms with van der Waals surface area (Å²) in [6.45, 7) is 2.34. The lowest BCUT2D eigenvalue weighted by molar-refractivity contribution is 0.410. The van der Waals surface area contributed by atoms with Crippen molar-refractivity contribution in [3.63, 3.8) is 0 Å². The Morgan fingerprint density at radius 3 is 3.00 bits per heavy atom. The highest BCUT2D eigenvalue weighted by Gasteiger charge is 2.13. The Labute approximate surface area is 88.7 Å². The van der Waals surface area contributed by atoms with Gasteiger partial charge in [-0.05, 0) is 37.9 Å². The fourth-order valence-electron chi connectivity index (χ4n) is 1.62. The van der Waals surface area contributed by atoms with E-state index in [1.807, 2.05) is 6.07 Å². The molecule has 1 aliphatic heterocycles. The third kappa shape index (κ3) is 2.96. The largest absolute Gasteiger partial charge is 0.316 e. The van der Waals surface area contributed by atoms with E-state index >= 15 is 0 Å². The van der Waals surface area contributed by atoms with Gasteiger partial charge >= 0.3 is 0 Å². The number of piperidine rings is 1. The Bertz CT molecular complexity index is 259. The highest BCUT2D eigenvalue weighted by molar-refractivity contribution is 7.99. The summed E-state index contributed by atoms with van der Waals surface area (Å²) < 4.78 is 0. The van der Waals surface area contributed by atoms with Crippen LogP contribution >= 0.6 is 11.8 Å². The third-order valence-corrected chi connectivity index (χ3v) is 3.50. The number of aromatic nitrogens is 2. The summed E-state index contributed by atoms with van der Waals surface area (Å²) in [5.41, 5.74) is 0. The summed E-state index contributed by atoms with van der Waals surface area (Å²) in [6.07, 6.45) is 6.25. The zero-order valence-corrected chi connectivity index (χ0v) is 8.96. The predicted octanol–water partition coefficient (Wildman–Crippen LogP) is 1.57. The molecule has 1 aliphatic rings. The van der Waals surface area contributed by atoms with Crippen LogP contribution in [-0.2, 0) is 0 Å². The van der Waals surface area contributed by atoms with Crippen LogP contribution in [0.3, 0.4) is 0 Å². The maximum atomic E-state index is 4.19. The summed E-state index contributed by atoms with van der Waals surface area (Å²) >= 11 is 1.76. The molecule has 1 saturated heterocycles. The maximum Gasteiger partial charge on any atom is 0.187 e. The van der Waals surface area contributed by atoms with Gasteiger partial charge in [-0.15, -0.1) is 0 Å². The molecule has 4 heteroatoms. The lowest BCUT2D eigenvalue weighted by Crippen LogP contribution is -2.30. The first kappa shape index (κ1) is 9.93. The van der Waals surface area contributed by atoms with Gasteiger partial charge in [-0.25, -0.2) is 9.97 Å². The van der Waals surface area contributed by atoms with Crippen LogP contribution in [0.2, 0.25) is 0 Å². The molecule has 0 unspecified atom stereocenters. The van der Waals surface area contributed by atoms with Crippen molar-refractivity contribution in [3.05, 3.63) is 18.5 Å². The Morgan fingerprint density at radius 1 is 1.43 bits per heavy atom. The van der Waals surface area contributed by atoms with Crippen molar-refractivity contribution in [2.45, 2.75) is 18.0 Å². The molecule has 1 aromatic heterocycles. The minimum Gasteiger partial charge on any atom is -0.316 e. The highest BCUT2D eigenvalue weighted by Crippen LogP contribution is 2.20. The van der Waals surface area contributed by atoms with Crippen LogP contribution < -0.4 is 5.32 Å². The summed E-state index contributed by atoms with van der Waals surface area (Å²) in [5.74, 6) is 1.93. The molecule has 0 radical (unpaired) electrons. The molecule has 0 aromatic carbocycles. The van der Waals surface area contributed by atoms with Gasteiger partial charge in [-0.1, -0.05) is 11.8 Å². The topological polar surface area (TPSA) is 37.8 Å². The van der Waals surface area contributed by atoms with Crippen LogP contribution in [0.15, 0.2) is 23.6 Å². The first-order chi connectivity index (χ1) is 6.95. The minimum absolute atomic E-state index is 0.789. The van der Waals surface area contributed by atoms with Gasteiger partial charge in [0.05, 0.1) is 0 Å². The van der Waals surface area contributed by atoms with Crippen LogP contribution in [0.25, 0.3) is 0 Å². The molecule has 1 N–H and O–H groups in total. The van der Waals surface area contributed by atoms with Gasteiger partial charge in [0.1, 0.15) is 0 Å². The van der Waals surface area contributed by atoms with Crippen LogP contribution in [-0.4, -0.2) is 28.8 Å². The summed E-state index contributed by atoms with van der Waals surface area (Å²) in [5, 5.41) is 4.32. The molecule has 0 spiro atoms. The molecule has 3 nitrogen and oxygen atoms in total. The second-order valence-corrected chi connectivity index (χ2v) is 4.54.